The zero-order valence-electron chi connectivity index (χ0n) is 1.97. The van der Waals surface area contributed by atoms with Crippen LogP contribution >= 0.6 is 11.6 Å². The molecule has 22 valence electrons. The van der Waals surface area contributed by atoms with E-state index in [2.05, 4.69) is 3.85 Å². The fourth-order valence-electron chi connectivity index (χ4n) is 0.0556. The lowest BCUT2D eigenvalue weighted by Crippen LogP contribution is -1.38. The molecule has 0 radical (unpaired) electrons. The highest BCUT2D eigenvalue weighted by molar-refractivity contribution is 7.01. The van der Waals surface area contributed by atoms with Gasteiger partial charge in [-0.15, -0.1) is 0 Å². The summed E-state index contributed by atoms with van der Waals surface area (Å²) in [6.07, 6.45) is 1.64. The third-order valence-corrected chi connectivity index (χ3v) is 0.667. The summed E-state index contributed by atoms with van der Waals surface area (Å²) < 4.78 is 4.46. The molecular weight excluding hydrogens is 72.1 g/mol. The molecule has 2 heteroatoms. The third-order valence-electron chi connectivity index (χ3n) is 0.222. The van der Waals surface area contributed by atoms with Gasteiger partial charge in [0.05, 0.1) is 5.38 Å². The van der Waals surface area contributed by atoms with Crippen LogP contribution in [0.3, 0.4) is 0 Å². The average molecular weight is 74.1 g/mol. The van der Waals surface area contributed by atoms with E-state index in [0.717, 1.165) is 0 Å². The largest absolute Gasteiger partial charge is 0.409 e. The lowest BCUT2D eigenvalue weighted by atomic mass is 11.1. The minimum atomic E-state index is 1.36. The van der Waals surface area contributed by atoms with Crippen LogP contribution in [0.1, 0.15) is 0 Å². The standard InChI is InChI=1S/C2H2OS/c1-2-4-3-1/h1-2H. The van der Waals surface area contributed by atoms with Crippen LogP contribution in [-0.4, -0.2) is 0 Å². The molecule has 1 heterocycles. The normalized spacial score (nSPS) is 8.00. The topological polar surface area (TPSA) is 13.1 Å². The van der Waals surface area contributed by atoms with E-state index >= 15 is 0 Å². The molecule has 0 fully saturated rings. The van der Waals surface area contributed by atoms with Gasteiger partial charge >= 0.3 is 0 Å². The summed E-state index contributed by atoms with van der Waals surface area (Å²) in [5.41, 5.74) is 0. The van der Waals surface area contributed by atoms with Gasteiger partial charge in [0, 0.05) is 11.6 Å². The fraction of sp³-hybridized carbons (Fsp3) is 0. The fourth-order valence-corrected chi connectivity index (χ4v) is 0.167. The van der Waals surface area contributed by atoms with Gasteiger partial charge in [-0.25, -0.2) is 0 Å². The van der Waals surface area contributed by atoms with E-state index in [-0.39, 0.29) is 0 Å². The first-order chi connectivity index (χ1) is 2.00. The van der Waals surface area contributed by atoms with Crippen LogP contribution in [-0.2, 0) is 0 Å². The summed E-state index contributed by atoms with van der Waals surface area (Å²) in [7, 11) is 0. The van der Waals surface area contributed by atoms with Crippen LogP contribution in [0.2, 0.25) is 0 Å². The van der Waals surface area contributed by atoms with Gasteiger partial charge in [0.1, 0.15) is 6.26 Å². The summed E-state index contributed by atoms with van der Waals surface area (Å²) in [5, 5.41) is 1.88. The summed E-state index contributed by atoms with van der Waals surface area (Å²) in [4.78, 5) is 0. The molecule has 0 unspecified atom stereocenters. The highest BCUT2D eigenvalue weighted by Crippen LogP contribution is 1.93. The maximum Gasteiger partial charge on any atom is 0.120 e. The number of hydrogen-bond donors (Lipinski definition) is 0. The van der Waals surface area contributed by atoms with Gasteiger partial charge in [-0.3, -0.25) is 0 Å². The van der Waals surface area contributed by atoms with Gasteiger partial charge in [0.25, 0.3) is 0 Å². The summed E-state index contributed by atoms with van der Waals surface area (Å²) in [6.45, 7) is 0. The van der Waals surface area contributed by atoms with Crippen LogP contribution in [0.25, 0.3) is 0 Å². The molecule has 0 saturated carbocycles. The monoisotopic (exact) mass is 74.0 g/mol. The van der Waals surface area contributed by atoms with Gasteiger partial charge in [0.2, 0.25) is 0 Å². The summed E-state index contributed by atoms with van der Waals surface area (Å²) in [6, 6.07) is 0. The Morgan fingerprint density at radius 1 is 1.75 bits per heavy atom. The molecule has 4 heavy (non-hydrogen) atoms. The predicted octanol–water partition coefficient (Wildman–Crippen LogP) is 1.34. The zero-order chi connectivity index (χ0) is 2.83. The van der Waals surface area contributed by atoms with Crippen molar-refractivity contribution in [2.75, 3.05) is 0 Å². The lowest BCUT2D eigenvalue weighted by molar-refractivity contribution is 0.666. The van der Waals surface area contributed by atoms with Crippen LogP contribution in [0.15, 0.2) is 15.5 Å². The first-order valence-electron chi connectivity index (χ1n) is 0.971. The molecule has 1 aromatic heterocycles. The Morgan fingerprint density at radius 3 is 2.00 bits per heavy atom. The van der Waals surface area contributed by atoms with Gasteiger partial charge in [-0.1, -0.05) is 0 Å². The van der Waals surface area contributed by atoms with Crippen molar-refractivity contribution in [3.05, 3.63) is 11.6 Å². The van der Waals surface area contributed by atoms with Gasteiger partial charge in [0.15, 0.2) is 0 Å². The maximum absolute atomic E-state index is 4.46. The second-order valence-electron chi connectivity index (χ2n) is 0.465. The SMILES string of the molecule is c1cso1. The minimum Gasteiger partial charge on any atom is -0.409 e. The molecule has 1 rings (SSSR count). The van der Waals surface area contributed by atoms with Crippen LogP contribution in [0.4, 0.5) is 0 Å². The van der Waals surface area contributed by atoms with Crippen LogP contribution in [0.5, 0.6) is 0 Å². The van der Waals surface area contributed by atoms with Crippen LogP contribution < -0.4 is 0 Å². The number of hydrogen-bond acceptors (Lipinski definition) is 2. The second kappa shape index (κ2) is 0.605. The van der Waals surface area contributed by atoms with E-state index in [1.165, 1.54) is 11.6 Å². The van der Waals surface area contributed by atoms with Crippen molar-refractivity contribution in [3.63, 3.8) is 0 Å². The summed E-state index contributed by atoms with van der Waals surface area (Å²) in [5.74, 6) is 0. The van der Waals surface area contributed by atoms with Gasteiger partial charge in [-0.2, -0.15) is 0 Å². The Balaban J connectivity index is 3.00. The molecule has 0 bridgehead atoms. The van der Waals surface area contributed by atoms with E-state index in [4.69, 9.17) is 0 Å². The second-order valence-corrected chi connectivity index (χ2v) is 1.12. The van der Waals surface area contributed by atoms with Crippen LogP contribution in [0, 0.1) is 0 Å². The van der Waals surface area contributed by atoms with E-state index in [9.17, 15) is 0 Å². The van der Waals surface area contributed by atoms with Crippen molar-refractivity contribution in [2.24, 2.45) is 0 Å². The minimum absolute atomic E-state index is 1.36. The first kappa shape index (κ1) is 2.03. The lowest BCUT2D eigenvalue weighted by Gasteiger charge is -1.70. The summed E-state index contributed by atoms with van der Waals surface area (Å²) >= 11 is 1.36. The number of rotatable bonds is 0. The van der Waals surface area contributed by atoms with Crippen molar-refractivity contribution in [1.29, 1.82) is 0 Å². The van der Waals surface area contributed by atoms with Crippen molar-refractivity contribution in [3.8, 4) is 0 Å². The molecule has 1 nitrogen and oxygen atoms in total. The molecule has 0 atom stereocenters. The highest BCUT2D eigenvalue weighted by Gasteiger charge is 1.61. The zero-order valence-corrected chi connectivity index (χ0v) is 2.79. The van der Waals surface area contributed by atoms with E-state index < -0.39 is 0 Å². The van der Waals surface area contributed by atoms with E-state index in [0.29, 0.717) is 0 Å². The third kappa shape index (κ3) is 0.0719. The van der Waals surface area contributed by atoms with Crippen molar-refractivity contribution in [1.82, 2.24) is 0 Å². The highest BCUT2D eigenvalue weighted by atomic mass is 32.1. The van der Waals surface area contributed by atoms with E-state index in [1.54, 1.807) is 6.26 Å². The molecule has 0 aliphatic heterocycles. The smallest absolute Gasteiger partial charge is 0.120 e. The molecule has 0 aliphatic carbocycles. The van der Waals surface area contributed by atoms with Crippen molar-refractivity contribution in [2.45, 2.75) is 0 Å². The molecule has 0 N–H and O–H groups in total. The average Bonchev–Trinajstić information content (AvgIpc) is 0.722. The van der Waals surface area contributed by atoms with Crippen molar-refractivity contribution >= 4 is 11.6 Å². The molecule has 0 aliphatic rings. The molecular formula is C2H2OS. The Bertz CT molecular complexity index is 47.8. The van der Waals surface area contributed by atoms with Gasteiger partial charge in [-0.05, 0) is 0 Å². The molecule has 0 aromatic carbocycles. The first-order valence-corrected chi connectivity index (χ1v) is 1.78. The molecule has 0 amide bonds. The Labute approximate surface area is 28.1 Å². The molecule has 0 spiro atoms. The quantitative estimate of drug-likeness (QED) is 0.452. The Hall–Kier alpha value is -0.240. The van der Waals surface area contributed by atoms with Gasteiger partial charge < -0.3 is 3.85 Å². The predicted molar refractivity (Wildman–Crippen MR) is 16.6 cm³/mol. The Kier molecular flexibility index (Phi) is 0.306. The van der Waals surface area contributed by atoms with Crippen molar-refractivity contribution < 1.29 is 3.85 Å². The maximum atomic E-state index is 4.46. The molecule has 0 saturated heterocycles. The molecule has 1 aromatic rings. The van der Waals surface area contributed by atoms with E-state index in [1.807, 2.05) is 5.38 Å². The Morgan fingerprint density at radius 2 is 2.00 bits per heavy atom.